The van der Waals surface area contributed by atoms with Crippen LogP contribution in [0.2, 0.25) is 5.02 Å². The summed E-state index contributed by atoms with van der Waals surface area (Å²) in [5.41, 5.74) is 5.51. The molecule has 164 valence electrons. The molecule has 31 heavy (non-hydrogen) atoms. The molecule has 0 bridgehead atoms. The van der Waals surface area contributed by atoms with Gasteiger partial charge in [-0.3, -0.25) is 14.8 Å². The third kappa shape index (κ3) is 3.75. The van der Waals surface area contributed by atoms with E-state index in [9.17, 15) is 17.6 Å². The molecule has 1 aromatic carbocycles. The molecule has 7 nitrogen and oxygen atoms in total. The SMILES string of the molecule is C[C@@]1(c2cc(CC(=O)c3ccc(Cl)cn3)ccc2F)CS(=O)(=O)[C@]2(CCOC2)C(N)=N1. The van der Waals surface area contributed by atoms with Gasteiger partial charge in [-0.25, -0.2) is 12.8 Å². The lowest BCUT2D eigenvalue weighted by Gasteiger charge is -2.39. The van der Waals surface area contributed by atoms with Crippen LogP contribution in [0.4, 0.5) is 4.39 Å². The lowest BCUT2D eigenvalue weighted by Crippen LogP contribution is -2.58. The van der Waals surface area contributed by atoms with Gasteiger partial charge in [0.1, 0.15) is 22.9 Å². The number of nitrogens with two attached hydrogens (primary N) is 1. The van der Waals surface area contributed by atoms with E-state index in [1.165, 1.54) is 37.4 Å². The number of Topliss-reactive ketones (excluding diaryl/α,β-unsaturated/α-hetero) is 1. The summed E-state index contributed by atoms with van der Waals surface area (Å²) in [6, 6.07) is 7.23. The number of aromatic nitrogens is 1. The standard InChI is InChI=1S/C21H21ClFN3O4S/c1-20(12-31(28,29)21(19(24)26-20)6-7-30-11-21)15-8-13(2-4-16(15)23)9-18(27)17-5-3-14(22)10-25-17/h2-5,8,10H,6-7,9,11-12H2,1H3,(H2,24,26)/t20-,21-/m0/s1. The molecule has 4 rings (SSSR count). The van der Waals surface area contributed by atoms with E-state index in [-0.39, 0.29) is 48.9 Å². The van der Waals surface area contributed by atoms with Crippen molar-refractivity contribution >= 4 is 33.1 Å². The Morgan fingerprint density at radius 3 is 2.71 bits per heavy atom. The Morgan fingerprint density at radius 1 is 1.32 bits per heavy atom. The average molecular weight is 466 g/mol. The molecule has 1 fully saturated rings. The average Bonchev–Trinajstić information content (AvgIpc) is 3.20. The summed E-state index contributed by atoms with van der Waals surface area (Å²) in [5, 5.41) is 0.410. The predicted octanol–water partition coefficient (Wildman–Crippen LogP) is 2.46. The number of nitrogens with zero attached hydrogens (tertiary/aromatic N) is 2. The van der Waals surface area contributed by atoms with E-state index in [0.717, 1.165) is 0 Å². The van der Waals surface area contributed by atoms with Crippen molar-refractivity contribution in [1.82, 2.24) is 4.98 Å². The molecule has 0 saturated carbocycles. The summed E-state index contributed by atoms with van der Waals surface area (Å²) in [6.07, 6.45) is 1.56. The van der Waals surface area contributed by atoms with Gasteiger partial charge in [0.05, 0.1) is 17.4 Å². The van der Waals surface area contributed by atoms with E-state index in [1.807, 2.05) is 0 Å². The molecule has 1 aromatic heterocycles. The number of rotatable bonds is 4. The quantitative estimate of drug-likeness (QED) is 0.694. The molecule has 0 amide bonds. The Balaban J connectivity index is 1.69. The molecule has 0 unspecified atom stereocenters. The summed E-state index contributed by atoms with van der Waals surface area (Å²) in [5.74, 6) is -1.36. The van der Waals surface area contributed by atoms with Crippen LogP contribution in [0.15, 0.2) is 41.5 Å². The molecule has 3 heterocycles. The fourth-order valence-corrected chi connectivity index (χ4v) is 6.48. The zero-order valence-corrected chi connectivity index (χ0v) is 18.3. The first-order valence-corrected chi connectivity index (χ1v) is 11.7. The van der Waals surface area contributed by atoms with Gasteiger partial charge in [0.15, 0.2) is 20.4 Å². The molecule has 2 atom stereocenters. The van der Waals surface area contributed by atoms with Crippen LogP contribution < -0.4 is 5.73 Å². The number of ketones is 1. The van der Waals surface area contributed by atoms with Crippen LogP contribution in [0.3, 0.4) is 0 Å². The third-order valence-electron chi connectivity index (χ3n) is 5.87. The summed E-state index contributed by atoms with van der Waals surface area (Å²) in [6.45, 7) is 1.76. The maximum Gasteiger partial charge on any atom is 0.185 e. The Bertz CT molecular complexity index is 1180. The van der Waals surface area contributed by atoms with Crippen LogP contribution in [0.1, 0.15) is 35.0 Å². The normalized spacial score (nSPS) is 27.3. The van der Waals surface area contributed by atoms with E-state index in [0.29, 0.717) is 10.6 Å². The molecule has 1 spiro atoms. The Morgan fingerprint density at radius 2 is 2.10 bits per heavy atom. The van der Waals surface area contributed by atoms with Crippen LogP contribution in [0.25, 0.3) is 0 Å². The molecule has 0 aliphatic carbocycles. The maximum absolute atomic E-state index is 14.8. The highest BCUT2D eigenvalue weighted by molar-refractivity contribution is 7.93. The van der Waals surface area contributed by atoms with Crippen molar-refractivity contribution in [2.75, 3.05) is 19.0 Å². The highest BCUT2D eigenvalue weighted by Crippen LogP contribution is 2.41. The second-order valence-electron chi connectivity index (χ2n) is 8.10. The van der Waals surface area contributed by atoms with Crippen molar-refractivity contribution < 1.29 is 22.3 Å². The summed E-state index contributed by atoms with van der Waals surface area (Å²) in [4.78, 5) is 21.0. The smallest absolute Gasteiger partial charge is 0.185 e. The van der Waals surface area contributed by atoms with E-state index in [2.05, 4.69) is 9.98 Å². The Kier molecular flexibility index (Phi) is 5.39. The lowest BCUT2D eigenvalue weighted by molar-refractivity contribution is 0.0988. The van der Waals surface area contributed by atoms with Crippen LogP contribution >= 0.6 is 11.6 Å². The van der Waals surface area contributed by atoms with Crippen LogP contribution in [-0.4, -0.2) is 48.7 Å². The number of carbonyl (C=O) groups is 1. The van der Waals surface area contributed by atoms with Gasteiger partial charge >= 0.3 is 0 Å². The van der Waals surface area contributed by atoms with Crippen molar-refractivity contribution in [3.63, 3.8) is 0 Å². The second-order valence-corrected chi connectivity index (χ2v) is 10.8. The number of pyridine rings is 1. The number of halogens is 2. The fraction of sp³-hybridized carbons (Fsp3) is 0.381. The largest absolute Gasteiger partial charge is 0.386 e. The van der Waals surface area contributed by atoms with Gasteiger partial charge in [-0.15, -0.1) is 0 Å². The number of carbonyl (C=O) groups excluding carboxylic acids is 1. The molecule has 2 aliphatic heterocycles. The van der Waals surface area contributed by atoms with E-state index in [4.69, 9.17) is 22.1 Å². The van der Waals surface area contributed by atoms with Crippen molar-refractivity contribution in [3.8, 4) is 0 Å². The van der Waals surface area contributed by atoms with Gasteiger partial charge < -0.3 is 10.5 Å². The van der Waals surface area contributed by atoms with Gasteiger partial charge in [0, 0.05) is 24.8 Å². The molecule has 2 aromatic rings. The number of hydrogen-bond acceptors (Lipinski definition) is 7. The van der Waals surface area contributed by atoms with Gasteiger partial charge in [-0.05, 0) is 43.2 Å². The summed E-state index contributed by atoms with van der Waals surface area (Å²) in [7, 11) is -3.76. The monoisotopic (exact) mass is 465 g/mol. The topological polar surface area (TPSA) is 112 Å². The number of hydrogen-bond donors (Lipinski definition) is 1. The van der Waals surface area contributed by atoms with Gasteiger partial charge in [-0.1, -0.05) is 17.7 Å². The molecule has 0 radical (unpaired) electrons. The number of aliphatic imine (C=N–C) groups is 1. The summed E-state index contributed by atoms with van der Waals surface area (Å²) >= 11 is 5.80. The highest BCUT2D eigenvalue weighted by atomic mass is 35.5. The van der Waals surface area contributed by atoms with Crippen LogP contribution in [-0.2, 0) is 26.5 Å². The number of ether oxygens (including phenoxy) is 1. The number of benzene rings is 1. The van der Waals surface area contributed by atoms with Crippen molar-refractivity contribution in [2.24, 2.45) is 10.7 Å². The Labute approximate surface area is 184 Å². The first kappa shape index (κ1) is 21.9. The molecular formula is C21H21ClFN3O4S. The zero-order valence-electron chi connectivity index (χ0n) is 16.8. The first-order chi connectivity index (χ1) is 14.6. The fourth-order valence-electron chi connectivity index (χ4n) is 4.11. The van der Waals surface area contributed by atoms with E-state index < -0.39 is 31.7 Å². The van der Waals surface area contributed by atoms with Crippen LogP contribution in [0.5, 0.6) is 0 Å². The maximum atomic E-state index is 14.8. The molecule has 1 saturated heterocycles. The number of sulfone groups is 1. The third-order valence-corrected chi connectivity index (χ3v) is 8.76. The minimum atomic E-state index is -3.76. The van der Waals surface area contributed by atoms with E-state index in [1.54, 1.807) is 6.07 Å². The van der Waals surface area contributed by atoms with Crippen molar-refractivity contribution in [3.05, 3.63) is 64.2 Å². The van der Waals surface area contributed by atoms with Crippen LogP contribution in [0, 0.1) is 5.82 Å². The Hall–Kier alpha value is -2.36. The minimum absolute atomic E-state index is 0.0400. The number of amidine groups is 1. The van der Waals surface area contributed by atoms with Crippen molar-refractivity contribution in [2.45, 2.75) is 30.1 Å². The van der Waals surface area contributed by atoms with Gasteiger partial charge in [0.2, 0.25) is 0 Å². The molecule has 10 heteroatoms. The predicted molar refractivity (Wildman–Crippen MR) is 115 cm³/mol. The zero-order chi connectivity index (χ0) is 22.4. The summed E-state index contributed by atoms with van der Waals surface area (Å²) < 4.78 is 45.1. The van der Waals surface area contributed by atoms with E-state index >= 15 is 0 Å². The molecular weight excluding hydrogens is 445 g/mol. The first-order valence-electron chi connectivity index (χ1n) is 9.66. The lowest BCUT2D eigenvalue weighted by atomic mass is 9.90. The highest BCUT2D eigenvalue weighted by Gasteiger charge is 2.57. The van der Waals surface area contributed by atoms with Gasteiger partial charge in [0.25, 0.3) is 0 Å². The van der Waals surface area contributed by atoms with Gasteiger partial charge in [-0.2, -0.15) is 0 Å². The molecule has 2 N–H and O–H groups in total. The van der Waals surface area contributed by atoms with Crippen molar-refractivity contribution in [1.29, 1.82) is 0 Å². The second kappa shape index (κ2) is 7.65. The molecule has 2 aliphatic rings. The minimum Gasteiger partial charge on any atom is -0.386 e.